The van der Waals surface area contributed by atoms with Crippen LogP contribution in [0.3, 0.4) is 0 Å². The molecule has 0 aromatic heterocycles. The number of aliphatic hydroxyl groups excluding tert-OH is 1. The quantitative estimate of drug-likeness (QED) is 0.650. The Balaban J connectivity index is 2.88. The molecule has 1 aliphatic heterocycles. The van der Waals surface area contributed by atoms with Gasteiger partial charge in [-0.1, -0.05) is 0 Å². The number of sulfone groups is 1. The molecule has 116 valence electrons. The van der Waals surface area contributed by atoms with E-state index in [0.29, 0.717) is 6.54 Å². The molecule has 0 saturated carbocycles. The third kappa shape index (κ3) is 4.34. The lowest BCUT2D eigenvalue weighted by Gasteiger charge is -2.32. The Hall–Kier alpha value is -1.35. The average molecular weight is 308 g/mol. The van der Waals surface area contributed by atoms with E-state index >= 15 is 0 Å². The molecule has 1 saturated heterocycles. The van der Waals surface area contributed by atoms with Crippen molar-refractivity contribution in [2.45, 2.75) is 19.4 Å². The van der Waals surface area contributed by atoms with E-state index in [2.05, 4.69) is 0 Å². The first-order valence-corrected chi connectivity index (χ1v) is 8.21. The summed E-state index contributed by atoms with van der Waals surface area (Å²) in [5.41, 5.74) is 0. The third-order valence-corrected chi connectivity index (χ3v) is 4.97. The number of hydrogen-bond acceptors (Lipinski definition) is 5. The van der Waals surface area contributed by atoms with Crippen molar-refractivity contribution in [1.29, 1.82) is 0 Å². The van der Waals surface area contributed by atoms with Gasteiger partial charge in [-0.05, 0) is 13.3 Å². The van der Waals surface area contributed by atoms with Gasteiger partial charge < -0.3 is 20.0 Å². The summed E-state index contributed by atoms with van der Waals surface area (Å²) in [6.45, 7) is 1.34. The van der Waals surface area contributed by atoms with Crippen LogP contribution < -0.4 is 0 Å². The van der Waals surface area contributed by atoms with Gasteiger partial charge in [0.1, 0.15) is 6.54 Å². The van der Waals surface area contributed by atoms with Crippen molar-refractivity contribution >= 4 is 21.8 Å². The van der Waals surface area contributed by atoms with Crippen molar-refractivity contribution in [3.05, 3.63) is 0 Å². The molecule has 9 heteroatoms. The van der Waals surface area contributed by atoms with Gasteiger partial charge in [-0.15, -0.1) is 0 Å². The number of hydrogen-bond donors (Lipinski definition) is 2. The van der Waals surface area contributed by atoms with E-state index in [1.807, 2.05) is 0 Å². The number of amides is 2. The minimum absolute atomic E-state index is 0.0345. The molecule has 2 amide bonds. The van der Waals surface area contributed by atoms with Crippen LogP contribution in [0.5, 0.6) is 0 Å². The van der Waals surface area contributed by atoms with Gasteiger partial charge in [0.15, 0.2) is 9.84 Å². The Labute approximate surface area is 117 Å². The molecule has 0 aromatic rings. The Morgan fingerprint density at radius 1 is 1.35 bits per heavy atom. The minimum atomic E-state index is -3.21. The molecular weight excluding hydrogens is 288 g/mol. The van der Waals surface area contributed by atoms with Gasteiger partial charge in [0.05, 0.1) is 18.1 Å². The maximum Gasteiger partial charge on any atom is 0.323 e. The maximum atomic E-state index is 12.3. The first kappa shape index (κ1) is 16.7. The monoisotopic (exact) mass is 308 g/mol. The molecule has 0 bridgehead atoms. The number of aliphatic carboxylic acids is 1. The predicted molar refractivity (Wildman–Crippen MR) is 71.1 cm³/mol. The van der Waals surface area contributed by atoms with Crippen molar-refractivity contribution < 1.29 is 28.2 Å². The van der Waals surface area contributed by atoms with Gasteiger partial charge >= 0.3 is 12.0 Å². The maximum absolute atomic E-state index is 12.3. The molecule has 20 heavy (non-hydrogen) atoms. The molecule has 2 N–H and O–H groups in total. The van der Waals surface area contributed by atoms with E-state index < -0.39 is 34.4 Å². The van der Waals surface area contributed by atoms with E-state index in [9.17, 15) is 18.0 Å². The molecule has 0 aliphatic carbocycles. The summed E-state index contributed by atoms with van der Waals surface area (Å²) in [5, 5.41) is 17.8. The molecule has 1 fully saturated rings. The number of urea groups is 1. The topological polar surface area (TPSA) is 115 Å². The summed E-state index contributed by atoms with van der Waals surface area (Å²) < 4.78 is 23.0. The molecule has 0 aromatic carbocycles. The summed E-state index contributed by atoms with van der Waals surface area (Å²) in [4.78, 5) is 25.5. The van der Waals surface area contributed by atoms with Crippen molar-refractivity contribution in [1.82, 2.24) is 9.80 Å². The van der Waals surface area contributed by atoms with Crippen LogP contribution in [0.4, 0.5) is 4.79 Å². The normalized spacial score (nSPS) is 20.6. The van der Waals surface area contributed by atoms with E-state index in [4.69, 9.17) is 10.2 Å². The second-order valence-electron chi connectivity index (χ2n) is 4.66. The van der Waals surface area contributed by atoms with E-state index in [-0.39, 0.29) is 31.1 Å². The molecule has 1 aliphatic rings. The lowest BCUT2D eigenvalue weighted by molar-refractivity contribution is -0.138. The van der Waals surface area contributed by atoms with Crippen molar-refractivity contribution in [3.8, 4) is 0 Å². The highest BCUT2D eigenvalue weighted by molar-refractivity contribution is 7.91. The van der Waals surface area contributed by atoms with Crippen molar-refractivity contribution in [2.24, 2.45) is 0 Å². The van der Waals surface area contributed by atoms with Crippen molar-refractivity contribution in [2.75, 3.05) is 37.7 Å². The minimum Gasteiger partial charge on any atom is -0.480 e. The summed E-state index contributed by atoms with van der Waals surface area (Å²) in [5.74, 6) is -1.43. The second-order valence-corrected chi connectivity index (χ2v) is 6.89. The SMILES string of the molecule is CCN(CCO)C(=O)N(CC(=O)O)C1CCS(=O)(=O)C1. The molecule has 1 rings (SSSR count). The van der Waals surface area contributed by atoms with Gasteiger partial charge in [0.25, 0.3) is 0 Å². The number of nitrogens with zero attached hydrogens (tertiary/aromatic N) is 2. The van der Waals surface area contributed by atoms with Crippen LogP contribution in [0.15, 0.2) is 0 Å². The summed E-state index contributed by atoms with van der Waals surface area (Å²) in [6.07, 6.45) is 0.248. The Bertz CT molecular complexity index is 464. The zero-order valence-corrected chi connectivity index (χ0v) is 12.2. The molecule has 1 unspecified atom stereocenters. The van der Waals surface area contributed by atoms with Gasteiger partial charge in [-0.25, -0.2) is 13.2 Å². The molecule has 1 atom stereocenters. The highest BCUT2D eigenvalue weighted by atomic mass is 32.2. The van der Waals surface area contributed by atoms with Crippen LogP contribution in [0.2, 0.25) is 0 Å². The van der Waals surface area contributed by atoms with Crippen LogP contribution in [0.25, 0.3) is 0 Å². The first-order chi connectivity index (χ1) is 9.30. The zero-order valence-electron chi connectivity index (χ0n) is 11.4. The molecule has 8 nitrogen and oxygen atoms in total. The van der Waals surface area contributed by atoms with Gasteiger partial charge in [0.2, 0.25) is 0 Å². The first-order valence-electron chi connectivity index (χ1n) is 6.39. The number of carboxylic acid groups (broad SMARTS) is 1. The third-order valence-electron chi connectivity index (χ3n) is 3.22. The number of likely N-dealkylation sites (N-methyl/N-ethyl adjacent to an activating group) is 1. The Morgan fingerprint density at radius 2 is 2.00 bits per heavy atom. The zero-order chi connectivity index (χ0) is 15.3. The van der Waals surface area contributed by atoms with Crippen LogP contribution in [-0.4, -0.2) is 84.2 Å². The second kappa shape index (κ2) is 6.89. The average Bonchev–Trinajstić information content (AvgIpc) is 2.72. The highest BCUT2D eigenvalue weighted by Gasteiger charge is 2.36. The highest BCUT2D eigenvalue weighted by Crippen LogP contribution is 2.19. The van der Waals surface area contributed by atoms with Crippen molar-refractivity contribution in [3.63, 3.8) is 0 Å². The molecule has 0 radical (unpaired) electrons. The van der Waals surface area contributed by atoms with Gasteiger partial charge in [0, 0.05) is 19.1 Å². The summed E-state index contributed by atoms with van der Waals surface area (Å²) in [7, 11) is -3.21. The fraction of sp³-hybridized carbons (Fsp3) is 0.818. The number of rotatable bonds is 6. The number of carbonyl (C=O) groups excluding carboxylic acids is 1. The predicted octanol–water partition coefficient (Wildman–Crippen LogP) is -1.01. The van der Waals surface area contributed by atoms with E-state index in [1.165, 1.54) is 4.90 Å². The summed E-state index contributed by atoms with van der Waals surface area (Å²) >= 11 is 0. The molecule has 0 spiro atoms. The Kier molecular flexibility index (Phi) is 5.75. The standard InChI is InChI=1S/C11H20N2O6S/c1-2-12(4-5-14)11(17)13(7-10(15)16)9-3-6-20(18,19)8-9/h9,14H,2-8H2,1H3,(H,15,16). The molecular formula is C11H20N2O6S. The van der Waals surface area contributed by atoms with Crippen LogP contribution in [0, 0.1) is 0 Å². The van der Waals surface area contributed by atoms with Gasteiger partial charge in [-0.2, -0.15) is 0 Å². The smallest absolute Gasteiger partial charge is 0.323 e. The lowest BCUT2D eigenvalue weighted by atomic mass is 10.2. The van der Waals surface area contributed by atoms with Gasteiger partial charge in [-0.3, -0.25) is 4.79 Å². The fourth-order valence-corrected chi connectivity index (χ4v) is 3.94. The fourth-order valence-electron chi connectivity index (χ4n) is 2.21. The van der Waals surface area contributed by atoms with Crippen LogP contribution in [-0.2, 0) is 14.6 Å². The number of carbonyl (C=O) groups is 2. The van der Waals surface area contributed by atoms with Crippen LogP contribution >= 0.6 is 0 Å². The number of carboxylic acids is 1. The largest absolute Gasteiger partial charge is 0.480 e. The van der Waals surface area contributed by atoms with E-state index in [0.717, 1.165) is 4.90 Å². The summed E-state index contributed by atoms with van der Waals surface area (Å²) in [6, 6.07) is -1.16. The van der Waals surface area contributed by atoms with Crippen LogP contribution in [0.1, 0.15) is 13.3 Å². The lowest BCUT2D eigenvalue weighted by Crippen LogP contribution is -2.51. The van der Waals surface area contributed by atoms with E-state index in [1.54, 1.807) is 6.92 Å². The molecule has 1 heterocycles. The number of aliphatic hydroxyl groups is 1. The Morgan fingerprint density at radius 3 is 2.40 bits per heavy atom.